The molecule has 0 atom stereocenters. The Hall–Kier alpha value is -1.53. The summed E-state index contributed by atoms with van der Waals surface area (Å²) in [6, 6.07) is 8.85. The van der Waals surface area contributed by atoms with Crippen LogP contribution >= 0.6 is 0 Å². The Balaban J connectivity index is 2.41. The number of nitrogens with zero attached hydrogens (tertiary/aromatic N) is 2. The summed E-state index contributed by atoms with van der Waals surface area (Å²) in [4.78, 5) is 2.29. The molecule has 3 nitrogen and oxygen atoms in total. The number of piperidine rings is 1. The van der Waals surface area contributed by atoms with Gasteiger partial charge in [0.15, 0.2) is 0 Å². The first kappa shape index (κ1) is 14.9. The van der Waals surface area contributed by atoms with E-state index in [0.29, 0.717) is 5.92 Å². The lowest BCUT2D eigenvalue weighted by atomic mass is 9.73. The summed E-state index contributed by atoms with van der Waals surface area (Å²) in [5, 5.41) is 9.74. The van der Waals surface area contributed by atoms with Crippen molar-refractivity contribution in [1.82, 2.24) is 4.90 Å². The third-order valence-corrected chi connectivity index (χ3v) is 4.46. The molecule has 0 aromatic heterocycles. The SMILES string of the molecule is COc1ccc(C2(C#N)CCN(C)CC2)cc1C(C)C. The fraction of sp³-hybridized carbons (Fsp3) is 0.588. The van der Waals surface area contributed by atoms with E-state index in [1.807, 2.05) is 6.07 Å². The standard InChI is InChI=1S/C17H24N2O/c1-13(2)15-11-14(5-6-16(15)20-4)17(12-18)7-9-19(3)10-8-17/h5-6,11,13H,7-10H2,1-4H3. The van der Waals surface area contributed by atoms with Gasteiger partial charge in [-0.1, -0.05) is 26.0 Å². The van der Waals surface area contributed by atoms with Crippen LogP contribution in [0.3, 0.4) is 0 Å². The van der Waals surface area contributed by atoms with Gasteiger partial charge in [0, 0.05) is 0 Å². The summed E-state index contributed by atoms with van der Waals surface area (Å²) >= 11 is 0. The van der Waals surface area contributed by atoms with E-state index in [2.05, 4.69) is 44.0 Å². The zero-order valence-electron chi connectivity index (χ0n) is 12.9. The molecule has 0 aliphatic carbocycles. The zero-order valence-corrected chi connectivity index (χ0v) is 12.9. The van der Waals surface area contributed by atoms with E-state index < -0.39 is 0 Å². The summed E-state index contributed by atoms with van der Waals surface area (Å²) < 4.78 is 5.44. The lowest BCUT2D eigenvalue weighted by Gasteiger charge is -2.36. The third-order valence-electron chi connectivity index (χ3n) is 4.46. The highest BCUT2D eigenvalue weighted by molar-refractivity contribution is 5.44. The summed E-state index contributed by atoms with van der Waals surface area (Å²) in [7, 11) is 3.82. The van der Waals surface area contributed by atoms with Crippen LogP contribution in [-0.4, -0.2) is 32.1 Å². The predicted octanol–water partition coefficient (Wildman–Crippen LogP) is 3.31. The fourth-order valence-electron chi connectivity index (χ4n) is 2.95. The number of benzene rings is 1. The average molecular weight is 272 g/mol. The van der Waals surface area contributed by atoms with Crippen molar-refractivity contribution in [3.63, 3.8) is 0 Å². The Bertz CT molecular complexity index is 508. The van der Waals surface area contributed by atoms with Crippen molar-refractivity contribution < 1.29 is 4.74 Å². The fourth-order valence-corrected chi connectivity index (χ4v) is 2.95. The first-order valence-corrected chi connectivity index (χ1v) is 7.30. The molecule has 0 saturated carbocycles. The number of methoxy groups -OCH3 is 1. The first-order valence-electron chi connectivity index (χ1n) is 7.30. The van der Waals surface area contributed by atoms with E-state index in [1.165, 1.54) is 5.56 Å². The van der Waals surface area contributed by atoms with Gasteiger partial charge in [-0.15, -0.1) is 0 Å². The van der Waals surface area contributed by atoms with Crippen LogP contribution in [0.2, 0.25) is 0 Å². The van der Waals surface area contributed by atoms with Crippen molar-refractivity contribution in [3.8, 4) is 11.8 Å². The van der Waals surface area contributed by atoms with Crippen molar-refractivity contribution >= 4 is 0 Å². The Kier molecular flexibility index (Phi) is 4.35. The molecule has 0 N–H and O–H groups in total. The Morgan fingerprint density at radius 3 is 2.45 bits per heavy atom. The highest BCUT2D eigenvalue weighted by atomic mass is 16.5. The van der Waals surface area contributed by atoms with E-state index in [0.717, 1.165) is 37.2 Å². The maximum atomic E-state index is 9.74. The largest absolute Gasteiger partial charge is 0.496 e. The highest BCUT2D eigenvalue weighted by Crippen LogP contribution is 2.38. The van der Waals surface area contributed by atoms with Gasteiger partial charge in [0.2, 0.25) is 0 Å². The molecule has 1 fully saturated rings. The van der Waals surface area contributed by atoms with E-state index in [1.54, 1.807) is 7.11 Å². The molecule has 1 heterocycles. The maximum absolute atomic E-state index is 9.74. The van der Waals surface area contributed by atoms with Crippen molar-refractivity contribution in [1.29, 1.82) is 5.26 Å². The third kappa shape index (κ3) is 2.66. The zero-order chi connectivity index (χ0) is 14.8. The number of hydrogen-bond acceptors (Lipinski definition) is 3. The molecule has 1 aromatic rings. The van der Waals surface area contributed by atoms with Gasteiger partial charge < -0.3 is 9.64 Å². The van der Waals surface area contributed by atoms with Gasteiger partial charge in [-0.2, -0.15) is 5.26 Å². The van der Waals surface area contributed by atoms with Crippen molar-refractivity contribution in [3.05, 3.63) is 29.3 Å². The van der Waals surface area contributed by atoms with Crippen molar-refractivity contribution in [2.45, 2.75) is 38.0 Å². The average Bonchev–Trinajstić information content (AvgIpc) is 2.47. The molecule has 1 aliphatic heterocycles. The van der Waals surface area contributed by atoms with Crippen molar-refractivity contribution in [2.24, 2.45) is 0 Å². The summed E-state index contributed by atoms with van der Waals surface area (Å²) in [5.41, 5.74) is 2.01. The van der Waals surface area contributed by atoms with Gasteiger partial charge in [-0.3, -0.25) is 0 Å². The van der Waals surface area contributed by atoms with Gasteiger partial charge in [0.05, 0.1) is 18.6 Å². The summed E-state index contributed by atoms with van der Waals surface area (Å²) in [6.45, 7) is 6.29. The van der Waals surface area contributed by atoms with Crippen LogP contribution in [0.4, 0.5) is 0 Å². The molecule has 1 saturated heterocycles. The van der Waals surface area contributed by atoms with Crippen LogP contribution in [0, 0.1) is 11.3 Å². The minimum absolute atomic E-state index is 0.331. The Morgan fingerprint density at radius 2 is 1.95 bits per heavy atom. The lowest BCUT2D eigenvalue weighted by molar-refractivity contribution is 0.222. The Labute approximate surface area is 122 Å². The maximum Gasteiger partial charge on any atom is 0.122 e. The highest BCUT2D eigenvalue weighted by Gasteiger charge is 2.36. The number of likely N-dealkylation sites (tertiary alicyclic amines) is 1. The van der Waals surface area contributed by atoms with Gasteiger partial charge in [0.1, 0.15) is 5.75 Å². The minimum Gasteiger partial charge on any atom is -0.496 e. The van der Waals surface area contributed by atoms with Gasteiger partial charge in [0.25, 0.3) is 0 Å². The minimum atomic E-state index is -0.331. The first-order chi connectivity index (χ1) is 9.52. The second kappa shape index (κ2) is 5.85. The lowest BCUT2D eigenvalue weighted by Crippen LogP contribution is -2.40. The Morgan fingerprint density at radius 1 is 1.30 bits per heavy atom. The molecular formula is C17H24N2O. The molecule has 0 spiro atoms. The molecule has 0 bridgehead atoms. The van der Waals surface area contributed by atoms with E-state index in [9.17, 15) is 5.26 Å². The molecule has 20 heavy (non-hydrogen) atoms. The molecule has 3 heteroatoms. The molecule has 0 radical (unpaired) electrons. The topological polar surface area (TPSA) is 36.3 Å². The smallest absolute Gasteiger partial charge is 0.122 e. The van der Waals surface area contributed by atoms with Gasteiger partial charge in [-0.05, 0) is 56.1 Å². The summed E-state index contributed by atoms with van der Waals surface area (Å²) in [5.74, 6) is 1.32. The predicted molar refractivity (Wildman–Crippen MR) is 81.1 cm³/mol. The number of rotatable bonds is 3. The van der Waals surface area contributed by atoms with Gasteiger partial charge in [-0.25, -0.2) is 0 Å². The van der Waals surface area contributed by atoms with Crippen molar-refractivity contribution in [2.75, 3.05) is 27.2 Å². The second-order valence-corrected chi connectivity index (χ2v) is 6.11. The van der Waals surface area contributed by atoms with E-state index in [-0.39, 0.29) is 5.41 Å². The number of ether oxygens (including phenoxy) is 1. The van der Waals surface area contributed by atoms with Crippen LogP contribution in [-0.2, 0) is 5.41 Å². The van der Waals surface area contributed by atoms with Crippen LogP contribution in [0.1, 0.15) is 43.7 Å². The molecule has 1 aliphatic rings. The van der Waals surface area contributed by atoms with Crippen LogP contribution < -0.4 is 4.74 Å². The van der Waals surface area contributed by atoms with E-state index in [4.69, 9.17) is 4.74 Å². The van der Waals surface area contributed by atoms with E-state index >= 15 is 0 Å². The normalized spacial score (nSPS) is 18.8. The summed E-state index contributed by atoms with van der Waals surface area (Å²) in [6.07, 6.45) is 1.81. The molecule has 0 amide bonds. The molecule has 0 unspecified atom stereocenters. The monoisotopic (exact) mass is 272 g/mol. The molecule has 1 aromatic carbocycles. The number of nitriles is 1. The molecule has 108 valence electrons. The van der Waals surface area contributed by atoms with Crippen LogP contribution in [0.5, 0.6) is 5.75 Å². The quantitative estimate of drug-likeness (QED) is 0.847. The second-order valence-electron chi connectivity index (χ2n) is 6.11. The molecule has 2 rings (SSSR count). The van der Waals surface area contributed by atoms with Gasteiger partial charge >= 0.3 is 0 Å². The van der Waals surface area contributed by atoms with Crippen LogP contribution in [0.25, 0.3) is 0 Å². The van der Waals surface area contributed by atoms with Crippen LogP contribution in [0.15, 0.2) is 18.2 Å². The molecular weight excluding hydrogens is 248 g/mol. The number of hydrogen-bond donors (Lipinski definition) is 0.